The predicted molar refractivity (Wildman–Crippen MR) is 128 cm³/mol. The Hall–Kier alpha value is -3.44. The number of piperazine rings is 1. The van der Waals surface area contributed by atoms with Gasteiger partial charge in [0.1, 0.15) is 6.04 Å². The molecule has 1 aromatic carbocycles. The van der Waals surface area contributed by atoms with Crippen LogP contribution < -0.4 is 5.32 Å². The molecule has 3 heterocycles. The van der Waals surface area contributed by atoms with Crippen molar-refractivity contribution >= 4 is 40.3 Å². The number of nitrogens with zero attached hydrogens (tertiary/aromatic N) is 3. The molecule has 188 valence electrons. The van der Waals surface area contributed by atoms with Gasteiger partial charge in [-0.15, -0.1) is 0 Å². The quantitative estimate of drug-likeness (QED) is 0.416. The van der Waals surface area contributed by atoms with Crippen LogP contribution in [0.2, 0.25) is 0 Å². The van der Waals surface area contributed by atoms with Crippen molar-refractivity contribution in [1.82, 2.24) is 19.7 Å². The average molecular weight is 486 g/mol. The number of carbonyl (C=O) groups is 4. The van der Waals surface area contributed by atoms with E-state index in [-0.39, 0.29) is 18.7 Å². The molecule has 0 bridgehead atoms. The Morgan fingerprint density at radius 1 is 0.971 bits per heavy atom. The summed E-state index contributed by atoms with van der Waals surface area (Å²) >= 11 is 0. The van der Waals surface area contributed by atoms with Crippen molar-refractivity contribution in [1.29, 1.82) is 0 Å². The van der Waals surface area contributed by atoms with Crippen molar-refractivity contribution in [2.45, 2.75) is 31.7 Å². The number of carbonyl (C=O) groups excluding carboxylic acids is 2. The molecule has 2 aliphatic rings. The third-order valence-electron chi connectivity index (χ3n) is 6.68. The summed E-state index contributed by atoms with van der Waals surface area (Å²) in [7, 11) is 0. The molecule has 2 amide bonds. The Morgan fingerprint density at radius 3 is 2.34 bits per heavy atom. The van der Waals surface area contributed by atoms with E-state index in [0.29, 0.717) is 49.4 Å². The first-order chi connectivity index (χ1) is 16.8. The van der Waals surface area contributed by atoms with Gasteiger partial charge in [-0.1, -0.05) is 0 Å². The lowest BCUT2D eigenvalue weighted by Gasteiger charge is -2.37. The molecule has 2 fully saturated rings. The molecule has 0 unspecified atom stereocenters. The van der Waals surface area contributed by atoms with E-state index in [9.17, 15) is 24.3 Å². The maximum Gasteiger partial charge on any atom is 0.325 e. The number of H-pyrrole nitrogens is 1. The normalized spacial score (nSPS) is 18.0. The fourth-order valence-electron chi connectivity index (χ4n) is 4.81. The van der Waals surface area contributed by atoms with Crippen molar-refractivity contribution in [3.63, 3.8) is 0 Å². The van der Waals surface area contributed by atoms with Crippen molar-refractivity contribution in [3.05, 3.63) is 30.0 Å². The number of aromatic nitrogens is 1. The standard InChI is InChI=1S/C24H31N5O6/c30-20(5-6-22(32)33)26-16-3-4-19-17(13-16)18(14-25-19)23(24(34)35)29-11-9-27(10-12-29)15-21(31)28-7-1-2-8-28/h3-4,13-14,23,25H,1-2,5-12,15H2,(H,26,30)(H,32,33)(H,34,35)/t23-/m1/s1. The molecular formula is C24H31N5O6. The Morgan fingerprint density at radius 2 is 1.69 bits per heavy atom. The number of likely N-dealkylation sites (tertiary alicyclic amines) is 1. The third-order valence-corrected chi connectivity index (χ3v) is 6.68. The zero-order valence-electron chi connectivity index (χ0n) is 19.5. The van der Waals surface area contributed by atoms with E-state index in [1.807, 2.05) is 9.80 Å². The van der Waals surface area contributed by atoms with Crippen molar-refractivity contribution in [2.24, 2.45) is 0 Å². The lowest BCUT2D eigenvalue weighted by molar-refractivity contribution is -0.145. The van der Waals surface area contributed by atoms with Crippen LogP contribution in [-0.4, -0.2) is 99.5 Å². The summed E-state index contributed by atoms with van der Waals surface area (Å²) in [6.07, 6.45) is 3.38. The summed E-state index contributed by atoms with van der Waals surface area (Å²) in [6, 6.07) is 4.28. The summed E-state index contributed by atoms with van der Waals surface area (Å²) in [5, 5.41) is 22.2. The molecule has 11 nitrogen and oxygen atoms in total. The molecule has 2 aromatic rings. The summed E-state index contributed by atoms with van der Waals surface area (Å²) < 4.78 is 0. The van der Waals surface area contributed by atoms with E-state index in [4.69, 9.17) is 5.11 Å². The fraction of sp³-hybridized carbons (Fsp3) is 0.500. The monoisotopic (exact) mass is 485 g/mol. The van der Waals surface area contributed by atoms with Crippen molar-refractivity contribution in [2.75, 3.05) is 51.1 Å². The number of hydrogen-bond acceptors (Lipinski definition) is 6. The van der Waals surface area contributed by atoms with E-state index >= 15 is 0 Å². The van der Waals surface area contributed by atoms with Gasteiger partial charge in [0.15, 0.2) is 0 Å². The molecular weight excluding hydrogens is 454 g/mol. The number of carboxylic acids is 2. The number of rotatable bonds is 9. The fourth-order valence-corrected chi connectivity index (χ4v) is 4.81. The molecule has 11 heteroatoms. The van der Waals surface area contributed by atoms with Crippen LogP contribution >= 0.6 is 0 Å². The van der Waals surface area contributed by atoms with Crippen LogP contribution in [-0.2, 0) is 19.2 Å². The zero-order chi connectivity index (χ0) is 24.9. The van der Waals surface area contributed by atoms with E-state index in [1.54, 1.807) is 24.4 Å². The molecule has 0 saturated carbocycles. The molecule has 2 aliphatic heterocycles. The first kappa shape index (κ1) is 24.7. The van der Waals surface area contributed by atoms with E-state index in [0.717, 1.165) is 31.4 Å². The summed E-state index contributed by atoms with van der Waals surface area (Å²) in [4.78, 5) is 56.5. The number of nitrogens with one attached hydrogen (secondary N) is 2. The predicted octanol–water partition coefficient (Wildman–Crippen LogP) is 1.34. The van der Waals surface area contributed by atoms with Gasteiger partial charge in [0.05, 0.1) is 13.0 Å². The lowest BCUT2D eigenvalue weighted by atomic mass is 10.0. The molecule has 2 saturated heterocycles. The van der Waals surface area contributed by atoms with Crippen LogP contribution in [0.5, 0.6) is 0 Å². The third kappa shape index (κ3) is 5.98. The van der Waals surface area contributed by atoms with Gasteiger partial charge in [-0.25, -0.2) is 0 Å². The van der Waals surface area contributed by atoms with Crippen LogP contribution in [0.15, 0.2) is 24.4 Å². The smallest absolute Gasteiger partial charge is 0.325 e. The number of aromatic amines is 1. The van der Waals surface area contributed by atoms with Gasteiger partial charge in [0, 0.05) is 74.0 Å². The number of benzene rings is 1. The Kier molecular flexibility index (Phi) is 7.67. The second-order valence-corrected chi connectivity index (χ2v) is 9.09. The molecule has 0 radical (unpaired) electrons. The molecule has 0 aliphatic carbocycles. The first-order valence-electron chi connectivity index (χ1n) is 11.9. The number of hydrogen-bond donors (Lipinski definition) is 4. The number of anilines is 1. The van der Waals surface area contributed by atoms with Crippen molar-refractivity contribution < 1.29 is 29.4 Å². The van der Waals surface area contributed by atoms with Gasteiger partial charge >= 0.3 is 11.9 Å². The highest BCUT2D eigenvalue weighted by Gasteiger charge is 2.33. The number of aliphatic carboxylic acids is 2. The molecule has 35 heavy (non-hydrogen) atoms. The zero-order valence-corrected chi connectivity index (χ0v) is 19.5. The van der Waals surface area contributed by atoms with E-state index < -0.39 is 23.9 Å². The Balaban J connectivity index is 1.44. The molecule has 1 atom stereocenters. The van der Waals surface area contributed by atoms with Gasteiger partial charge in [-0.3, -0.25) is 29.0 Å². The maximum absolute atomic E-state index is 12.5. The van der Waals surface area contributed by atoms with Crippen LogP contribution in [0.25, 0.3) is 10.9 Å². The minimum Gasteiger partial charge on any atom is -0.481 e. The van der Waals surface area contributed by atoms with E-state index in [1.165, 1.54) is 0 Å². The summed E-state index contributed by atoms with van der Waals surface area (Å²) in [6.45, 7) is 4.26. The largest absolute Gasteiger partial charge is 0.481 e. The molecule has 4 rings (SSSR count). The highest BCUT2D eigenvalue weighted by molar-refractivity contribution is 5.96. The molecule has 4 N–H and O–H groups in total. The highest BCUT2D eigenvalue weighted by atomic mass is 16.4. The summed E-state index contributed by atoms with van der Waals surface area (Å²) in [5.41, 5.74) is 1.81. The van der Waals surface area contributed by atoms with Crippen molar-refractivity contribution in [3.8, 4) is 0 Å². The van der Waals surface area contributed by atoms with Gasteiger partial charge < -0.3 is 25.4 Å². The van der Waals surface area contributed by atoms with Gasteiger partial charge in [0.25, 0.3) is 0 Å². The van der Waals surface area contributed by atoms with Crippen LogP contribution in [0, 0.1) is 0 Å². The SMILES string of the molecule is O=C(O)CCC(=O)Nc1ccc2[nH]cc([C@H](C(=O)O)N3CCN(CC(=O)N4CCCC4)CC3)c2c1. The first-order valence-corrected chi connectivity index (χ1v) is 11.9. The minimum atomic E-state index is -1.05. The topological polar surface area (TPSA) is 146 Å². The number of fused-ring (bicyclic) bond motifs is 1. The molecule has 0 spiro atoms. The second-order valence-electron chi connectivity index (χ2n) is 9.09. The number of carboxylic acid groups (broad SMARTS) is 2. The van der Waals surface area contributed by atoms with Crippen LogP contribution in [0.4, 0.5) is 5.69 Å². The second kappa shape index (κ2) is 10.9. The van der Waals surface area contributed by atoms with Crippen LogP contribution in [0.3, 0.4) is 0 Å². The molecule has 1 aromatic heterocycles. The maximum atomic E-state index is 12.5. The van der Waals surface area contributed by atoms with Gasteiger partial charge in [0.2, 0.25) is 11.8 Å². The highest BCUT2D eigenvalue weighted by Crippen LogP contribution is 2.31. The van der Waals surface area contributed by atoms with Crippen LogP contribution in [0.1, 0.15) is 37.3 Å². The van der Waals surface area contributed by atoms with Gasteiger partial charge in [-0.2, -0.15) is 0 Å². The Labute approximate surface area is 202 Å². The average Bonchev–Trinajstić information content (AvgIpc) is 3.50. The van der Waals surface area contributed by atoms with E-state index in [2.05, 4.69) is 15.2 Å². The van der Waals surface area contributed by atoms with Gasteiger partial charge in [-0.05, 0) is 31.0 Å². The Bertz CT molecular complexity index is 1100. The minimum absolute atomic E-state index is 0.139. The summed E-state index contributed by atoms with van der Waals surface area (Å²) in [5.74, 6) is -2.30. The number of amides is 2. The lowest BCUT2D eigenvalue weighted by Crippen LogP contribution is -2.51.